The molecule has 0 spiro atoms. The fourth-order valence-electron chi connectivity index (χ4n) is 2.79. The second kappa shape index (κ2) is 9.61. The number of halogens is 1. The first-order valence-corrected chi connectivity index (χ1v) is 10.9. The minimum atomic E-state index is -4.22. The number of aryl methyl sites for hydroxylation is 2. The molecule has 0 atom stereocenters. The Morgan fingerprint density at radius 2 is 1.66 bits per heavy atom. The number of nitrogens with one attached hydrogen (secondary N) is 1. The number of ether oxygens (including phenoxy) is 1. The van der Waals surface area contributed by atoms with Crippen LogP contribution in [0.2, 0.25) is 0 Å². The van der Waals surface area contributed by atoms with E-state index in [1.807, 2.05) is 0 Å². The smallest absolute Gasteiger partial charge is 0.342 e. The lowest BCUT2D eigenvalue weighted by Gasteiger charge is -2.13. The summed E-state index contributed by atoms with van der Waals surface area (Å²) >= 11 is 0. The fraction of sp³-hybridized carbons (Fsp3) is 0.130. The molecule has 0 aromatic heterocycles. The van der Waals surface area contributed by atoms with Crippen LogP contribution in [0.3, 0.4) is 0 Å². The summed E-state index contributed by atoms with van der Waals surface area (Å²) in [5, 5.41) is 2.45. The lowest BCUT2D eigenvalue weighted by molar-refractivity contribution is -0.119. The Hall–Kier alpha value is -3.72. The molecule has 1 amide bonds. The Bertz CT molecular complexity index is 1260. The maximum Gasteiger partial charge on any atom is 0.342 e. The van der Waals surface area contributed by atoms with Gasteiger partial charge < -0.3 is 14.2 Å². The molecule has 0 saturated carbocycles. The van der Waals surface area contributed by atoms with Crippen molar-refractivity contribution in [3.8, 4) is 5.75 Å². The third-order valence-corrected chi connectivity index (χ3v) is 5.76. The number of para-hydroxylation sites is 1. The first kappa shape index (κ1) is 23.0. The molecule has 3 aromatic carbocycles. The number of carbonyl (C=O) groups is 2. The topological polar surface area (TPSA) is 98.8 Å². The van der Waals surface area contributed by atoms with E-state index in [9.17, 15) is 22.4 Å². The van der Waals surface area contributed by atoms with Gasteiger partial charge in [-0.2, -0.15) is 8.42 Å². The van der Waals surface area contributed by atoms with Crippen molar-refractivity contribution < 1.29 is 31.3 Å². The zero-order valence-electron chi connectivity index (χ0n) is 17.3. The highest BCUT2D eigenvalue weighted by molar-refractivity contribution is 7.87. The number of benzene rings is 3. The number of rotatable bonds is 7. The Labute approximate surface area is 184 Å². The molecule has 0 aliphatic heterocycles. The summed E-state index contributed by atoms with van der Waals surface area (Å²) < 4.78 is 48.7. The second-order valence-corrected chi connectivity index (χ2v) is 8.45. The van der Waals surface area contributed by atoms with Crippen LogP contribution in [-0.4, -0.2) is 26.9 Å². The molecular formula is C23H20FNO6S. The van der Waals surface area contributed by atoms with E-state index in [0.29, 0.717) is 11.3 Å². The zero-order chi connectivity index (χ0) is 23.3. The predicted molar refractivity (Wildman–Crippen MR) is 115 cm³/mol. The summed E-state index contributed by atoms with van der Waals surface area (Å²) in [7, 11) is -4.22. The maximum atomic E-state index is 12.9. The molecule has 1 N–H and O–H groups in total. The number of amides is 1. The van der Waals surface area contributed by atoms with Crippen LogP contribution in [0.1, 0.15) is 21.5 Å². The van der Waals surface area contributed by atoms with E-state index < -0.39 is 34.4 Å². The summed E-state index contributed by atoms with van der Waals surface area (Å²) in [4.78, 5) is 24.5. The van der Waals surface area contributed by atoms with E-state index in [1.165, 1.54) is 54.6 Å². The normalized spacial score (nSPS) is 11.0. The van der Waals surface area contributed by atoms with Crippen LogP contribution >= 0.6 is 0 Å². The van der Waals surface area contributed by atoms with Gasteiger partial charge in [-0.3, -0.25) is 4.79 Å². The first-order valence-electron chi connectivity index (χ1n) is 9.49. The highest BCUT2D eigenvalue weighted by Crippen LogP contribution is 2.26. The number of hydrogen-bond acceptors (Lipinski definition) is 6. The maximum absolute atomic E-state index is 12.9. The van der Waals surface area contributed by atoms with E-state index in [0.717, 1.165) is 5.56 Å². The quantitative estimate of drug-likeness (QED) is 0.425. The molecule has 0 radical (unpaired) electrons. The van der Waals surface area contributed by atoms with Crippen molar-refractivity contribution in [3.63, 3.8) is 0 Å². The van der Waals surface area contributed by atoms with Gasteiger partial charge in [-0.25, -0.2) is 9.18 Å². The summed E-state index contributed by atoms with van der Waals surface area (Å²) in [5.41, 5.74) is 1.40. The SMILES string of the molecule is Cc1ccc(C)c(S(=O)(=O)Oc2ccccc2C(=O)OCC(=O)Nc2ccc(F)cc2)c1. The van der Waals surface area contributed by atoms with E-state index in [2.05, 4.69) is 5.32 Å². The van der Waals surface area contributed by atoms with E-state index >= 15 is 0 Å². The molecule has 32 heavy (non-hydrogen) atoms. The largest absolute Gasteiger partial charge is 0.452 e. The minimum Gasteiger partial charge on any atom is -0.452 e. The molecule has 0 bridgehead atoms. The van der Waals surface area contributed by atoms with Crippen LogP contribution in [-0.2, 0) is 19.6 Å². The van der Waals surface area contributed by atoms with Gasteiger partial charge in [-0.05, 0) is 67.4 Å². The molecule has 9 heteroatoms. The monoisotopic (exact) mass is 457 g/mol. The number of carbonyl (C=O) groups excluding carboxylic acids is 2. The Balaban J connectivity index is 1.71. The lowest BCUT2D eigenvalue weighted by Crippen LogP contribution is -2.21. The average molecular weight is 457 g/mol. The first-order chi connectivity index (χ1) is 15.2. The molecule has 0 fully saturated rings. The van der Waals surface area contributed by atoms with Crippen molar-refractivity contribution >= 4 is 27.7 Å². The van der Waals surface area contributed by atoms with Crippen LogP contribution in [0.25, 0.3) is 0 Å². The molecular weight excluding hydrogens is 437 g/mol. The van der Waals surface area contributed by atoms with Gasteiger partial charge in [0.25, 0.3) is 5.91 Å². The van der Waals surface area contributed by atoms with Crippen molar-refractivity contribution in [2.45, 2.75) is 18.7 Å². The summed E-state index contributed by atoms with van der Waals surface area (Å²) in [6.07, 6.45) is 0. The third kappa shape index (κ3) is 5.70. The third-order valence-electron chi connectivity index (χ3n) is 4.38. The lowest BCUT2D eigenvalue weighted by atomic mass is 10.2. The Morgan fingerprint density at radius 3 is 2.38 bits per heavy atom. The summed E-state index contributed by atoms with van der Waals surface area (Å²) in [6, 6.07) is 15.6. The predicted octanol–water partition coefficient (Wildman–Crippen LogP) is 4.01. The van der Waals surface area contributed by atoms with E-state index in [-0.39, 0.29) is 16.2 Å². The highest BCUT2D eigenvalue weighted by Gasteiger charge is 2.23. The van der Waals surface area contributed by atoms with Crippen molar-refractivity contribution in [3.05, 3.63) is 89.2 Å². The molecule has 0 heterocycles. The van der Waals surface area contributed by atoms with Crippen LogP contribution in [0, 0.1) is 19.7 Å². The second-order valence-electron chi connectivity index (χ2n) is 6.93. The van der Waals surface area contributed by atoms with Gasteiger partial charge in [-0.15, -0.1) is 0 Å². The highest BCUT2D eigenvalue weighted by atomic mass is 32.2. The summed E-state index contributed by atoms with van der Waals surface area (Å²) in [5.74, 6) is -2.27. The molecule has 0 unspecified atom stereocenters. The molecule has 0 aliphatic carbocycles. The Kier molecular flexibility index (Phi) is 6.89. The minimum absolute atomic E-state index is 0.0145. The molecule has 0 saturated heterocycles. The van der Waals surface area contributed by atoms with Crippen molar-refractivity contribution in [2.75, 3.05) is 11.9 Å². The summed E-state index contributed by atoms with van der Waals surface area (Å²) in [6.45, 7) is 2.75. The van der Waals surface area contributed by atoms with Gasteiger partial charge in [0.15, 0.2) is 12.4 Å². The van der Waals surface area contributed by atoms with Gasteiger partial charge in [0, 0.05) is 5.69 Å². The van der Waals surface area contributed by atoms with E-state index in [4.69, 9.17) is 8.92 Å². The fourth-order valence-corrected chi connectivity index (χ4v) is 4.05. The van der Waals surface area contributed by atoms with Gasteiger partial charge in [-0.1, -0.05) is 24.3 Å². The molecule has 3 rings (SSSR count). The van der Waals surface area contributed by atoms with Gasteiger partial charge in [0.2, 0.25) is 0 Å². The van der Waals surface area contributed by atoms with Crippen LogP contribution in [0.5, 0.6) is 5.75 Å². The van der Waals surface area contributed by atoms with Crippen molar-refractivity contribution in [1.29, 1.82) is 0 Å². The van der Waals surface area contributed by atoms with Crippen LogP contribution in [0.15, 0.2) is 71.6 Å². The number of hydrogen-bond donors (Lipinski definition) is 1. The van der Waals surface area contributed by atoms with Crippen molar-refractivity contribution in [1.82, 2.24) is 0 Å². The Morgan fingerprint density at radius 1 is 0.969 bits per heavy atom. The van der Waals surface area contributed by atoms with Crippen LogP contribution < -0.4 is 9.50 Å². The van der Waals surface area contributed by atoms with Crippen LogP contribution in [0.4, 0.5) is 10.1 Å². The number of anilines is 1. The average Bonchev–Trinajstić information content (AvgIpc) is 2.75. The molecule has 166 valence electrons. The standard InChI is InChI=1S/C23H20FNO6S/c1-15-7-8-16(2)21(13-15)32(28,29)31-20-6-4-3-5-19(20)23(27)30-14-22(26)25-18-11-9-17(24)10-12-18/h3-13H,14H2,1-2H3,(H,25,26). The number of esters is 1. The van der Waals surface area contributed by atoms with Gasteiger partial charge in [0.05, 0.1) is 0 Å². The van der Waals surface area contributed by atoms with Gasteiger partial charge >= 0.3 is 16.1 Å². The molecule has 7 nitrogen and oxygen atoms in total. The molecule has 3 aromatic rings. The van der Waals surface area contributed by atoms with Gasteiger partial charge in [0.1, 0.15) is 16.3 Å². The molecule has 0 aliphatic rings. The zero-order valence-corrected chi connectivity index (χ0v) is 18.1. The van der Waals surface area contributed by atoms with E-state index in [1.54, 1.807) is 26.0 Å². The van der Waals surface area contributed by atoms with Crippen molar-refractivity contribution in [2.24, 2.45) is 0 Å².